The molecule has 0 aromatic carbocycles. The molecule has 0 amide bonds. The summed E-state index contributed by atoms with van der Waals surface area (Å²) in [7, 11) is 0. The Hall–Kier alpha value is -0.120. The highest BCUT2D eigenvalue weighted by Gasteiger charge is 2.23. The molecule has 2 atom stereocenters. The lowest BCUT2D eigenvalue weighted by Crippen LogP contribution is -2.30. The van der Waals surface area contributed by atoms with Crippen molar-refractivity contribution in [3.8, 4) is 0 Å². The first-order chi connectivity index (χ1) is 6.88. The molecular formula is C11H23NO2. The predicted octanol–water partition coefficient (Wildman–Crippen LogP) is 1.76. The van der Waals surface area contributed by atoms with Crippen LogP contribution in [0.5, 0.6) is 0 Å². The molecule has 1 saturated carbocycles. The van der Waals surface area contributed by atoms with Gasteiger partial charge >= 0.3 is 0 Å². The third-order valence-corrected chi connectivity index (χ3v) is 3.07. The molecule has 0 heterocycles. The average Bonchev–Trinajstić information content (AvgIpc) is 2.25. The monoisotopic (exact) mass is 201 g/mol. The van der Waals surface area contributed by atoms with Gasteiger partial charge in [0.15, 0.2) is 0 Å². The van der Waals surface area contributed by atoms with Crippen molar-refractivity contribution in [2.75, 3.05) is 26.6 Å². The molecule has 2 N–H and O–H groups in total. The minimum absolute atomic E-state index is 0.435. The van der Waals surface area contributed by atoms with Gasteiger partial charge in [-0.3, -0.25) is 0 Å². The van der Waals surface area contributed by atoms with E-state index in [0.29, 0.717) is 18.6 Å². The summed E-state index contributed by atoms with van der Waals surface area (Å²) in [6.07, 6.45) is 5.22. The van der Waals surface area contributed by atoms with Crippen molar-refractivity contribution in [2.24, 2.45) is 17.6 Å². The summed E-state index contributed by atoms with van der Waals surface area (Å²) >= 11 is 0. The van der Waals surface area contributed by atoms with Gasteiger partial charge in [-0.1, -0.05) is 12.8 Å². The molecule has 0 bridgehead atoms. The first kappa shape index (κ1) is 12.0. The third kappa shape index (κ3) is 3.95. The van der Waals surface area contributed by atoms with E-state index >= 15 is 0 Å². The molecule has 0 radical (unpaired) electrons. The molecule has 2 unspecified atom stereocenters. The maximum absolute atomic E-state index is 5.74. The molecule has 1 rings (SSSR count). The lowest BCUT2D eigenvalue weighted by molar-refractivity contribution is -0.0693. The Labute approximate surface area is 86.9 Å². The third-order valence-electron chi connectivity index (χ3n) is 3.07. The predicted molar refractivity (Wildman–Crippen MR) is 56.9 cm³/mol. The Kier molecular flexibility index (Phi) is 6.15. The zero-order valence-electron chi connectivity index (χ0n) is 9.21. The minimum atomic E-state index is 0.435. The molecule has 1 fully saturated rings. The van der Waals surface area contributed by atoms with Gasteiger partial charge < -0.3 is 15.2 Å². The molecule has 0 saturated heterocycles. The number of hydrogen-bond acceptors (Lipinski definition) is 3. The smallest absolute Gasteiger partial charge is 0.146 e. The quantitative estimate of drug-likeness (QED) is 0.526. The minimum Gasteiger partial charge on any atom is -0.356 e. The van der Waals surface area contributed by atoms with E-state index in [0.717, 1.165) is 19.8 Å². The first-order valence-electron chi connectivity index (χ1n) is 5.74. The Morgan fingerprint density at radius 2 is 1.86 bits per heavy atom. The Balaban J connectivity index is 2.13. The van der Waals surface area contributed by atoms with E-state index in [9.17, 15) is 0 Å². The van der Waals surface area contributed by atoms with Crippen molar-refractivity contribution in [3.05, 3.63) is 0 Å². The molecule has 0 aromatic heterocycles. The highest BCUT2D eigenvalue weighted by molar-refractivity contribution is 4.75. The van der Waals surface area contributed by atoms with Gasteiger partial charge in [-0.15, -0.1) is 0 Å². The van der Waals surface area contributed by atoms with E-state index in [1.165, 1.54) is 25.7 Å². The number of hydrogen-bond donors (Lipinski definition) is 1. The fourth-order valence-electron chi connectivity index (χ4n) is 2.16. The molecule has 14 heavy (non-hydrogen) atoms. The van der Waals surface area contributed by atoms with Crippen LogP contribution in [-0.4, -0.2) is 26.6 Å². The number of nitrogens with two attached hydrogens (primary N) is 1. The van der Waals surface area contributed by atoms with Crippen LogP contribution in [0, 0.1) is 11.8 Å². The zero-order valence-corrected chi connectivity index (χ0v) is 9.21. The van der Waals surface area contributed by atoms with Gasteiger partial charge in [0.1, 0.15) is 6.79 Å². The van der Waals surface area contributed by atoms with E-state index in [1.54, 1.807) is 0 Å². The Bertz CT molecular complexity index is 141. The lowest BCUT2D eigenvalue weighted by atomic mass is 9.80. The summed E-state index contributed by atoms with van der Waals surface area (Å²) in [6.45, 7) is 4.77. The van der Waals surface area contributed by atoms with Crippen LogP contribution in [-0.2, 0) is 9.47 Å². The fraction of sp³-hybridized carbons (Fsp3) is 1.00. The van der Waals surface area contributed by atoms with Crippen LogP contribution in [0.4, 0.5) is 0 Å². The van der Waals surface area contributed by atoms with Crippen LogP contribution in [0.25, 0.3) is 0 Å². The lowest BCUT2D eigenvalue weighted by Gasteiger charge is -2.30. The maximum Gasteiger partial charge on any atom is 0.146 e. The van der Waals surface area contributed by atoms with Gasteiger partial charge in [-0.05, 0) is 38.1 Å². The van der Waals surface area contributed by atoms with E-state index in [1.807, 2.05) is 6.92 Å². The van der Waals surface area contributed by atoms with Crippen LogP contribution < -0.4 is 5.73 Å². The summed E-state index contributed by atoms with van der Waals surface area (Å²) in [4.78, 5) is 0. The largest absolute Gasteiger partial charge is 0.356 e. The van der Waals surface area contributed by atoms with Crippen LogP contribution >= 0.6 is 0 Å². The van der Waals surface area contributed by atoms with Gasteiger partial charge in [-0.25, -0.2) is 0 Å². The van der Waals surface area contributed by atoms with Crippen molar-refractivity contribution in [3.63, 3.8) is 0 Å². The fourth-order valence-corrected chi connectivity index (χ4v) is 2.16. The molecule has 1 aliphatic rings. The van der Waals surface area contributed by atoms with Crippen LogP contribution in [0.1, 0.15) is 32.6 Å². The van der Waals surface area contributed by atoms with Crippen molar-refractivity contribution in [1.82, 2.24) is 0 Å². The summed E-state index contributed by atoms with van der Waals surface area (Å²) < 4.78 is 10.6. The molecule has 3 heteroatoms. The van der Waals surface area contributed by atoms with E-state index in [2.05, 4.69) is 0 Å². The maximum atomic E-state index is 5.74. The van der Waals surface area contributed by atoms with Crippen molar-refractivity contribution >= 4 is 0 Å². The zero-order chi connectivity index (χ0) is 10.2. The van der Waals surface area contributed by atoms with Gasteiger partial charge in [-0.2, -0.15) is 0 Å². The molecule has 1 aliphatic carbocycles. The average molecular weight is 201 g/mol. The van der Waals surface area contributed by atoms with Gasteiger partial charge in [0.2, 0.25) is 0 Å². The molecule has 0 aromatic rings. The highest BCUT2D eigenvalue weighted by Crippen LogP contribution is 2.29. The second-order valence-corrected chi connectivity index (χ2v) is 4.02. The van der Waals surface area contributed by atoms with Crippen LogP contribution in [0.3, 0.4) is 0 Å². The SMILES string of the molecule is CCOCOCC1CCCCC1CN. The van der Waals surface area contributed by atoms with Crippen molar-refractivity contribution in [2.45, 2.75) is 32.6 Å². The molecule has 84 valence electrons. The van der Waals surface area contributed by atoms with E-state index < -0.39 is 0 Å². The molecule has 0 spiro atoms. The summed E-state index contributed by atoms with van der Waals surface area (Å²) in [5.74, 6) is 1.33. The van der Waals surface area contributed by atoms with E-state index in [4.69, 9.17) is 15.2 Å². The summed E-state index contributed by atoms with van der Waals surface area (Å²) in [5, 5.41) is 0. The van der Waals surface area contributed by atoms with Gasteiger partial charge in [0.05, 0.1) is 6.61 Å². The topological polar surface area (TPSA) is 44.5 Å². The highest BCUT2D eigenvalue weighted by atomic mass is 16.7. The normalized spacial score (nSPS) is 27.9. The molecule has 3 nitrogen and oxygen atoms in total. The van der Waals surface area contributed by atoms with Crippen molar-refractivity contribution < 1.29 is 9.47 Å². The summed E-state index contributed by atoms with van der Waals surface area (Å²) in [6, 6.07) is 0. The Morgan fingerprint density at radius 1 is 1.14 bits per heavy atom. The summed E-state index contributed by atoms with van der Waals surface area (Å²) in [5.41, 5.74) is 5.74. The van der Waals surface area contributed by atoms with Gasteiger partial charge in [0.25, 0.3) is 0 Å². The molecule has 0 aliphatic heterocycles. The van der Waals surface area contributed by atoms with Gasteiger partial charge in [0, 0.05) is 6.61 Å². The van der Waals surface area contributed by atoms with E-state index in [-0.39, 0.29) is 0 Å². The number of ether oxygens (including phenoxy) is 2. The second kappa shape index (κ2) is 7.21. The van der Waals surface area contributed by atoms with Crippen molar-refractivity contribution in [1.29, 1.82) is 0 Å². The number of rotatable bonds is 6. The first-order valence-corrected chi connectivity index (χ1v) is 5.74. The standard InChI is InChI=1S/C11H23NO2/c1-2-13-9-14-8-11-6-4-3-5-10(11)7-12/h10-11H,2-9,12H2,1H3. The molecular weight excluding hydrogens is 178 g/mol. The Morgan fingerprint density at radius 3 is 2.50 bits per heavy atom. The van der Waals surface area contributed by atoms with Crippen LogP contribution in [0.2, 0.25) is 0 Å². The van der Waals surface area contributed by atoms with Crippen LogP contribution in [0.15, 0.2) is 0 Å². The second-order valence-electron chi connectivity index (χ2n) is 4.02.